The molecule has 0 bridgehead atoms. The second kappa shape index (κ2) is 6.00. The molecule has 1 fully saturated rings. The lowest BCUT2D eigenvalue weighted by molar-refractivity contribution is -0.131. The summed E-state index contributed by atoms with van der Waals surface area (Å²) in [5.41, 5.74) is 10.7. The van der Waals surface area contributed by atoms with Crippen molar-refractivity contribution in [3.63, 3.8) is 0 Å². The fourth-order valence-corrected chi connectivity index (χ4v) is 2.24. The number of rotatable bonds is 4. The Kier molecular flexibility index (Phi) is 4.93. The van der Waals surface area contributed by atoms with Gasteiger partial charge >= 0.3 is 0 Å². The van der Waals surface area contributed by atoms with Gasteiger partial charge in [-0.05, 0) is 24.7 Å². The van der Waals surface area contributed by atoms with E-state index in [1.165, 1.54) is 0 Å². The van der Waals surface area contributed by atoms with E-state index in [0.717, 1.165) is 12.8 Å². The minimum absolute atomic E-state index is 0.0878. The Morgan fingerprint density at radius 1 is 1.47 bits per heavy atom. The van der Waals surface area contributed by atoms with Crippen LogP contribution in [0.4, 0.5) is 0 Å². The van der Waals surface area contributed by atoms with Gasteiger partial charge in [0.25, 0.3) is 0 Å². The highest BCUT2D eigenvalue weighted by molar-refractivity contribution is 5.81. The minimum atomic E-state index is -0.755. The van der Waals surface area contributed by atoms with Crippen molar-refractivity contribution in [3.05, 3.63) is 0 Å². The lowest BCUT2D eigenvalue weighted by atomic mass is 9.89. The van der Waals surface area contributed by atoms with Gasteiger partial charge in [-0.3, -0.25) is 9.59 Å². The zero-order chi connectivity index (χ0) is 13.0. The summed E-state index contributed by atoms with van der Waals surface area (Å²) in [4.78, 5) is 24.4. The summed E-state index contributed by atoms with van der Waals surface area (Å²) in [6, 6.07) is -0.755. The number of carbonyl (C=O) groups excluding carboxylic acids is 2. The van der Waals surface area contributed by atoms with Crippen LogP contribution in [0, 0.1) is 11.8 Å². The second-order valence-electron chi connectivity index (χ2n) is 5.18. The molecule has 2 atom stereocenters. The number of nitrogens with two attached hydrogens (primary N) is 2. The van der Waals surface area contributed by atoms with Crippen LogP contribution in [-0.4, -0.2) is 35.8 Å². The van der Waals surface area contributed by atoms with Gasteiger partial charge in [0.15, 0.2) is 0 Å². The summed E-state index contributed by atoms with van der Waals surface area (Å²) in [6.45, 7) is 5.29. The smallest absolute Gasteiger partial charge is 0.236 e. The normalized spacial score (nSPS) is 23.6. The van der Waals surface area contributed by atoms with Crippen molar-refractivity contribution in [1.29, 1.82) is 0 Å². The van der Waals surface area contributed by atoms with Crippen molar-refractivity contribution in [2.24, 2.45) is 23.3 Å². The highest BCUT2D eigenvalue weighted by Crippen LogP contribution is 2.25. The Morgan fingerprint density at radius 3 is 2.65 bits per heavy atom. The third-order valence-electron chi connectivity index (χ3n) is 3.58. The fourth-order valence-electron chi connectivity index (χ4n) is 2.24. The molecule has 4 N–H and O–H groups in total. The molecule has 1 heterocycles. The molecule has 2 unspecified atom stereocenters. The Bertz CT molecular complexity index is 291. The van der Waals surface area contributed by atoms with E-state index in [2.05, 4.69) is 13.8 Å². The maximum Gasteiger partial charge on any atom is 0.236 e. The summed E-state index contributed by atoms with van der Waals surface area (Å²) < 4.78 is 0. The standard InChI is InChI=1S/C12H23N3O2/c1-8(2)9-3-4-11(16)15(6-5-9)7-10(13)12(14)17/h8-10H,3-7,13H2,1-2H3,(H2,14,17). The first kappa shape index (κ1) is 14.0. The number of hydrogen-bond donors (Lipinski definition) is 2. The van der Waals surface area contributed by atoms with Gasteiger partial charge in [-0.25, -0.2) is 0 Å². The van der Waals surface area contributed by atoms with E-state index in [4.69, 9.17) is 11.5 Å². The molecule has 1 aliphatic heterocycles. The molecule has 0 radical (unpaired) electrons. The van der Waals surface area contributed by atoms with E-state index in [-0.39, 0.29) is 12.5 Å². The summed E-state index contributed by atoms with van der Waals surface area (Å²) in [5.74, 6) is 0.702. The molecule has 0 spiro atoms. The fraction of sp³-hybridized carbons (Fsp3) is 0.833. The van der Waals surface area contributed by atoms with Gasteiger partial charge in [-0.15, -0.1) is 0 Å². The first-order chi connectivity index (χ1) is 7.91. The van der Waals surface area contributed by atoms with Crippen molar-refractivity contribution in [3.8, 4) is 0 Å². The van der Waals surface area contributed by atoms with Crippen LogP contribution in [0.2, 0.25) is 0 Å². The van der Waals surface area contributed by atoms with Crippen LogP contribution in [0.5, 0.6) is 0 Å². The SMILES string of the molecule is CC(C)C1CCC(=O)N(CC(N)C(N)=O)CC1. The second-order valence-corrected chi connectivity index (χ2v) is 5.18. The molecule has 1 saturated heterocycles. The van der Waals surface area contributed by atoms with Crippen LogP contribution in [0.25, 0.3) is 0 Å². The lowest BCUT2D eigenvalue weighted by Gasteiger charge is -2.23. The molecule has 98 valence electrons. The molecule has 0 saturated carbocycles. The molecule has 1 aliphatic rings. The van der Waals surface area contributed by atoms with Gasteiger partial charge < -0.3 is 16.4 Å². The zero-order valence-electron chi connectivity index (χ0n) is 10.7. The Balaban J connectivity index is 2.56. The molecule has 0 aliphatic carbocycles. The predicted molar refractivity (Wildman–Crippen MR) is 65.9 cm³/mol. The van der Waals surface area contributed by atoms with E-state index in [9.17, 15) is 9.59 Å². The van der Waals surface area contributed by atoms with Gasteiger partial charge in [0, 0.05) is 19.5 Å². The number of nitrogens with zero attached hydrogens (tertiary/aromatic N) is 1. The van der Waals surface area contributed by atoms with E-state index in [1.807, 2.05) is 0 Å². The first-order valence-electron chi connectivity index (χ1n) is 6.24. The topological polar surface area (TPSA) is 89.4 Å². The highest BCUT2D eigenvalue weighted by Gasteiger charge is 2.26. The first-order valence-corrected chi connectivity index (χ1v) is 6.24. The van der Waals surface area contributed by atoms with E-state index < -0.39 is 11.9 Å². The van der Waals surface area contributed by atoms with Gasteiger partial charge in [-0.2, -0.15) is 0 Å². The van der Waals surface area contributed by atoms with Gasteiger partial charge in [0.1, 0.15) is 6.04 Å². The number of amides is 2. The highest BCUT2D eigenvalue weighted by atomic mass is 16.2. The van der Waals surface area contributed by atoms with Crippen LogP contribution in [0.3, 0.4) is 0 Å². The van der Waals surface area contributed by atoms with Crippen LogP contribution >= 0.6 is 0 Å². The van der Waals surface area contributed by atoms with Gasteiger partial charge in [0.05, 0.1) is 0 Å². The Hall–Kier alpha value is -1.10. The van der Waals surface area contributed by atoms with Crippen LogP contribution in [0.15, 0.2) is 0 Å². The van der Waals surface area contributed by atoms with Crippen molar-refractivity contribution < 1.29 is 9.59 Å². The van der Waals surface area contributed by atoms with Crippen LogP contribution < -0.4 is 11.5 Å². The molecule has 2 amide bonds. The molecule has 0 aromatic rings. The van der Waals surface area contributed by atoms with E-state index in [1.54, 1.807) is 4.90 Å². The molecule has 5 nitrogen and oxygen atoms in total. The minimum Gasteiger partial charge on any atom is -0.368 e. The van der Waals surface area contributed by atoms with Crippen molar-refractivity contribution >= 4 is 11.8 Å². The van der Waals surface area contributed by atoms with Gasteiger partial charge in [0.2, 0.25) is 11.8 Å². The van der Waals surface area contributed by atoms with Crippen molar-refractivity contribution in [2.75, 3.05) is 13.1 Å². The maximum absolute atomic E-state index is 11.9. The molecular formula is C12H23N3O2. The third kappa shape index (κ3) is 4.00. The summed E-state index contributed by atoms with van der Waals surface area (Å²) in [5, 5.41) is 0. The molecular weight excluding hydrogens is 218 g/mol. The lowest BCUT2D eigenvalue weighted by Crippen LogP contribution is -2.47. The van der Waals surface area contributed by atoms with Crippen LogP contribution in [0.1, 0.15) is 33.1 Å². The molecule has 0 aromatic heterocycles. The number of hydrogen-bond acceptors (Lipinski definition) is 3. The molecule has 5 heteroatoms. The average molecular weight is 241 g/mol. The van der Waals surface area contributed by atoms with E-state index >= 15 is 0 Å². The van der Waals surface area contributed by atoms with Crippen LogP contribution in [-0.2, 0) is 9.59 Å². The molecule has 1 rings (SSSR count). The quantitative estimate of drug-likeness (QED) is 0.730. The van der Waals surface area contributed by atoms with Crippen molar-refractivity contribution in [2.45, 2.75) is 39.2 Å². The summed E-state index contributed by atoms with van der Waals surface area (Å²) in [6.07, 6.45) is 2.46. The summed E-state index contributed by atoms with van der Waals surface area (Å²) in [7, 11) is 0. The van der Waals surface area contributed by atoms with E-state index in [0.29, 0.717) is 24.8 Å². The monoisotopic (exact) mass is 241 g/mol. The predicted octanol–water partition coefficient (Wildman–Crippen LogP) is 0.0837. The third-order valence-corrected chi connectivity index (χ3v) is 3.58. The number of primary amides is 1. The maximum atomic E-state index is 11.9. The van der Waals surface area contributed by atoms with Crippen molar-refractivity contribution in [1.82, 2.24) is 4.90 Å². The number of likely N-dealkylation sites (tertiary alicyclic amines) is 1. The molecule has 17 heavy (non-hydrogen) atoms. The Labute approximate surface area is 103 Å². The summed E-state index contributed by atoms with van der Waals surface area (Å²) >= 11 is 0. The largest absolute Gasteiger partial charge is 0.368 e. The molecule has 0 aromatic carbocycles. The average Bonchev–Trinajstić information content (AvgIpc) is 2.42. The number of carbonyl (C=O) groups is 2. The zero-order valence-corrected chi connectivity index (χ0v) is 10.7. The van der Waals surface area contributed by atoms with Gasteiger partial charge in [-0.1, -0.05) is 13.8 Å². The Morgan fingerprint density at radius 2 is 2.12 bits per heavy atom.